The zero-order valence-electron chi connectivity index (χ0n) is 9.19. The Labute approximate surface area is 85.6 Å². The fourth-order valence-corrected chi connectivity index (χ4v) is 1.11. The van der Waals surface area contributed by atoms with E-state index in [2.05, 4.69) is 4.74 Å². The predicted molar refractivity (Wildman–Crippen MR) is 56.7 cm³/mol. The number of carbonyl (C=O) groups is 1. The highest BCUT2D eigenvalue weighted by molar-refractivity contribution is 5.93. The minimum Gasteiger partial charge on any atom is -0.466 e. The monoisotopic (exact) mass is 191 g/mol. The summed E-state index contributed by atoms with van der Waals surface area (Å²) in [7, 11) is 1.35. The molecule has 0 unspecified atom stereocenters. The first-order valence-corrected chi connectivity index (χ1v) is 4.41. The lowest BCUT2D eigenvalue weighted by Crippen LogP contribution is -2.03. The van der Waals surface area contributed by atoms with Gasteiger partial charge in [0.2, 0.25) is 0 Å². The van der Waals surface area contributed by atoms with Crippen LogP contribution in [-0.2, 0) is 9.53 Å². The van der Waals surface area contributed by atoms with Crippen LogP contribution in [0.25, 0.3) is 6.08 Å². The third-order valence-electron chi connectivity index (χ3n) is 1.86. The molecule has 0 atom stereocenters. The maximum atomic E-state index is 11.3. The fraction of sp³-hybridized carbons (Fsp3) is 0.250. The molecule has 1 aromatic rings. The Balaban J connectivity index is 2.88. The number of methoxy groups -OCH3 is 1. The van der Waals surface area contributed by atoms with E-state index in [0.29, 0.717) is 12.0 Å². The van der Waals surface area contributed by atoms with Crippen LogP contribution in [0.1, 0.15) is 20.3 Å². The van der Waals surface area contributed by atoms with E-state index in [9.17, 15) is 4.79 Å². The second-order valence-electron chi connectivity index (χ2n) is 2.82. The highest BCUT2D eigenvalue weighted by atomic mass is 16.5. The Hall–Kier alpha value is -1.57. The predicted octanol–water partition coefficient (Wildman–Crippen LogP) is 2.65. The molecule has 0 N–H and O–H groups in total. The Morgan fingerprint density at radius 1 is 1.50 bits per heavy atom. The molecule has 0 fully saturated rings. The second kappa shape index (κ2) is 5.22. The summed E-state index contributed by atoms with van der Waals surface area (Å²) in [4.78, 5) is 11.3. The SMILES string of the molecule is [2H]CC/C(=C\c1ccccc1)C(=O)OC. The van der Waals surface area contributed by atoms with Crippen molar-refractivity contribution < 1.29 is 10.9 Å². The van der Waals surface area contributed by atoms with Gasteiger partial charge in [-0.25, -0.2) is 4.79 Å². The van der Waals surface area contributed by atoms with E-state index in [4.69, 9.17) is 1.37 Å². The molecule has 14 heavy (non-hydrogen) atoms. The van der Waals surface area contributed by atoms with Gasteiger partial charge in [-0.15, -0.1) is 0 Å². The summed E-state index contributed by atoms with van der Waals surface area (Å²) in [6.07, 6.45) is 2.18. The normalized spacial score (nSPS) is 12.1. The van der Waals surface area contributed by atoms with Crippen molar-refractivity contribution in [1.29, 1.82) is 0 Å². The van der Waals surface area contributed by atoms with Crippen molar-refractivity contribution >= 4 is 12.0 Å². The van der Waals surface area contributed by atoms with Gasteiger partial charge in [0.15, 0.2) is 0 Å². The van der Waals surface area contributed by atoms with Gasteiger partial charge in [-0.1, -0.05) is 37.2 Å². The van der Waals surface area contributed by atoms with Crippen molar-refractivity contribution in [3.63, 3.8) is 0 Å². The second-order valence-corrected chi connectivity index (χ2v) is 2.82. The Bertz CT molecular complexity index is 344. The van der Waals surface area contributed by atoms with Gasteiger partial charge in [-0.3, -0.25) is 0 Å². The van der Waals surface area contributed by atoms with Crippen molar-refractivity contribution in [1.82, 2.24) is 0 Å². The fourth-order valence-electron chi connectivity index (χ4n) is 1.11. The zero-order valence-corrected chi connectivity index (χ0v) is 8.19. The number of hydrogen-bond acceptors (Lipinski definition) is 2. The van der Waals surface area contributed by atoms with E-state index in [1.807, 2.05) is 30.3 Å². The summed E-state index contributed by atoms with van der Waals surface area (Å²) in [5.41, 5.74) is 1.49. The van der Waals surface area contributed by atoms with Gasteiger partial charge in [0.1, 0.15) is 0 Å². The van der Waals surface area contributed by atoms with E-state index in [0.717, 1.165) is 5.56 Å². The molecule has 2 nitrogen and oxygen atoms in total. The minimum atomic E-state index is -0.355. The van der Waals surface area contributed by atoms with Crippen molar-refractivity contribution in [2.45, 2.75) is 13.3 Å². The third kappa shape index (κ3) is 2.73. The number of ether oxygens (including phenoxy) is 1. The van der Waals surface area contributed by atoms with Gasteiger partial charge >= 0.3 is 5.97 Å². The number of esters is 1. The number of rotatable bonds is 3. The number of hydrogen-bond donors (Lipinski definition) is 0. The van der Waals surface area contributed by atoms with Gasteiger partial charge in [0.05, 0.1) is 7.11 Å². The topological polar surface area (TPSA) is 26.3 Å². The molecule has 0 radical (unpaired) electrons. The maximum absolute atomic E-state index is 11.3. The van der Waals surface area contributed by atoms with E-state index in [1.54, 1.807) is 6.08 Å². The molecule has 0 bridgehead atoms. The largest absolute Gasteiger partial charge is 0.466 e. The van der Waals surface area contributed by atoms with Crippen LogP contribution in [-0.4, -0.2) is 13.1 Å². The smallest absolute Gasteiger partial charge is 0.333 e. The summed E-state index contributed by atoms with van der Waals surface area (Å²) >= 11 is 0. The molecule has 2 heteroatoms. The molecule has 0 saturated heterocycles. The average molecular weight is 191 g/mol. The first-order valence-electron chi connectivity index (χ1n) is 5.12. The van der Waals surface area contributed by atoms with Crippen LogP contribution in [0.4, 0.5) is 0 Å². The maximum Gasteiger partial charge on any atom is 0.333 e. The third-order valence-corrected chi connectivity index (χ3v) is 1.86. The van der Waals surface area contributed by atoms with Gasteiger partial charge in [0.25, 0.3) is 0 Å². The summed E-state index contributed by atoms with van der Waals surface area (Å²) in [5, 5.41) is 0. The molecule has 1 aromatic carbocycles. The van der Waals surface area contributed by atoms with E-state index < -0.39 is 0 Å². The Morgan fingerprint density at radius 3 is 2.79 bits per heavy atom. The Morgan fingerprint density at radius 2 is 2.21 bits per heavy atom. The number of carbonyl (C=O) groups excluding carboxylic acids is 1. The molecule has 0 aromatic heterocycles. The number of benzene rings is 1. The standard InChI is InChI=1S/C12H14O2/c1-3-11(12(13)14-2)9-10-7-5-4-6-8-10/h4-9H,3H2,1-2H3/b11-9+/i1D. The molecule has 0 amide bonds. The average Bonchev–Trinajstić information content (AvgIpc) is 2.29. The molecule has 1 rings (SSSR count). The van der Waals surface area contributed by atoms with Gasteiger partial charge < -0.3 is 4.74 Å². The van der Waals surface area contributed by atoms with Crippen LogP contribution in [0.5, 0.6) is 0 Å². The molecule has 0 aliphatic rings. The Kier molecular flexibility index (Phi) is 3.36. The van der Waals surface area contributed by atoms with Gasteiger partial charge in [-0.05, 0) is 18.1 Å². The van der Waals surface area contributed by atoms with E-state index >= 15 is 0 Å². The summed E-state index contributed by atoms with van der Waals surface area (Å²) < 4.78 is 11.8. The van der Waals surface area contributed by atoms with Gasteiger partial charge in [0, 0.05) is 6.94 Å². The molecule has 0 saturated carbocycles. The lowest BCUT2D eigenvalue weighted by molar-refractivity contribution is -0.136. The first kappa shape index (κ1) is 9.00. The van der Waals surface area contributed by atoms with Crippen LogP contribution in [0.3, 0.4) is 0 Å². The van der Waals surface area contributed by atoms with Crippen molar-refractivity contribution in [3.8, 4) is 0 Å². The van der Waals surface area contributed by atoms with E-state index in [1.165, 1.54) is 7.11 Å². The molecule has 74 valence electrons. The quantitative estimate of drug-likeness (QED) is 0.542. The van der Waals surface area contributed by atoms with Gasteiger partial charge in [-0.2, -0.15) is 0 Å². The van der Waals surface area contributed by atoms with Crippen molar-refractivity contribution in [2.24, 2.45) is 0 Å². The van der Waals surface area contributed by atoms with Crippen LogP contribution in [0, 0.1) is 0 Å². The van der Waals surface area contributed by atoms with E-state index in [-0.39, 0.29) is 12.9 Å². The first-order chi connectivity index (χ1) is 7.27. The molecule has 0 heterocycles. The molecule has 0 spiro atoms. The summed E-state index contributed by atoms with van der Waals surface area (Å²) in [6.45, 7) is 0.188. The summed E-state index contributed by atoms with van der Waals surface area (Å²) in [6, 6.07) is 9.54. The summed E-state index contributed by atoms with van der Waals surface area (Å²) in [5.74, 6) is -0.355. The lowest BCUT2D eigenvalue weighted by Gasteiger charge is -2.01. The van der Waals surface area contributed by atoms with Crippen LogP contribution < -0.4 is 0 Å². The highest BCUT2D eigenvalue weighted by Gasteiger charge is 2.05. The zero-order chi connectivity index (χ0) is 11.1. The van der Waals surface area contributed by atoms with Crippen LogP contribution in [0.2, 0.25) is 0 Å². The molecule has 0 aliphatic carbocycles. The van der Waals surface area contributed by atoms with Crippen LogP contribution in [0.15, 0.2) is 35.9 Å². The van der Waals surface area contributed by atoms with Crippen molar-refractivity contribution in [3.05, 3.63) is 41.5 Å². The minimum absolute atomic E-state index is 0.188. The van der Waals surface area contributed by atoms with Crippen LogP contribution >= 0.6 is 0 Å². The molecular weight excluding hydrogens is 176 g/mol. The molecule has 0 aliphatic heterocycles. The molecular formula is C12H14O2. The lowest BCUT2D eigenvalue weighted by atomic mass is 10.1. The highest BCUT2D eigenvalue weighted by Crippen LogP contribution is 2.10. The van der Waals surface area contributed by atoms with Crippen molar-refractivity contribution in [2.75, 3.05) is 7.11 Å².